The molecule has 0 spiro atoms. The summed E-state index contributed by atoms with van der Waals surface area (Å²) in [7, 11) is 1.43. The van der Waals surface area contributed by atoms with Gasteiger partial charge in [-0.2, -0.15) is 0 Å². The number of ether oxygens (including phenoxy) is 1. The van der Waals surface area contributed by atoms with Crippen LogP contribution in [0.5, 0.6) is 5.75 Å². The van der Waals surface area contributed by atoms with Crippen LogP contribution in [0.3, 0.4) is 0 Å². The molecule has 2 aromatic carbocycles. The predicted molar refractivity (Wildman–Crippen MR) is 105 cm³/mol. The van der Waals surface area contributed by atoms with Gasteiger partial charge in [-0.1, -0.05) is 35.9 Å². The summed E-state index contributed by atoms with van der Waals surface area (Å²) in [6.45, 7) is 6.11. The lowest BCUT2D eigenvalue weighted by Gasteiger charge is -2.34. The van der Waals surface area contributed by atoms with Gasteiger partial charge in [-0.25, -0.2) is 4.39 Å². The molecule has 0 aliphatic carbocycles. The Bertz CT molecular complexity index is 827. The summed E-state index contributed by atoms with van der Waals surface area (Å²) in [5.41, 5.74) is 3.21. The second kappa shape index (κ2) is 8.82. The Kier molecular flexibility index (Phi) is 6.24. The van der Waals surface area contributed by atoms with Crippen LogP contribution in [0, 0.1) is 12.7 Å². The number of aryl methyl sites for hydroxylation is 1. The maximum absolute atomic E-state index is 13.7. The molecule has 1 saturated heterocycles. The molecule has 0 bridgehead atoms. The average molecular weight is 368 g/mol. The molecule has 0 saturated carbocycles. The SMILES string of the molecule is COc1ccc(/C=C/C(=O)N2CCN(Cc3cccc(C)c3)CC2)cc1F. The van der Waals surface area contributed by atoms with Crippen LogP contribution in [0.4, 0.5) is 4.39 Å². The Hall–Kier alpha value is -2.66. The molecule has 1 aliphatic heterocycles. The molecule has 3 rings (SSSR count). The first-order valence-corrected chi connectivity index (χ1v) is 9.13. The van der Waals surface area contributed by atoms with Crippen molar-refractivity contribution in [3.63, 3.8) is 0 Å². The number of nitrogens with zero attached hydrogens (tertiary/aromatic N) is 2. The first-order valence-electron chi connectivity index (χ1n) is 9.13. The molecule has 2 aromatic rings. The number of methoxy groups -OCH3 is 1. The summed E-state index contributed by atoms with van der Waals surface area (Å²) in [6.07, 6.45) is 3.15. The molecule has 142 valence electrons. The van der Waals surface area contributed by atoms with E-state index in [0.717, 1.165) is 19.6 Å². The van der Waals surface area contributed by atoms with Gasteiger partial charge in [0.1, 0.15) is 0 Å². The third kappa shape index (κ3) is 5.17. The molecule has 1 fully saturated rings. The first-order chi connectivity index (χ1) is 13.0. The van der Waals surface area contributed by atoms with E-state index in [1.165, 1.54) is 30.4 Å². The van der Waals surface area contributed by atoms with E-state index >= 15 is 0 Å². The van der Waals surface area contributed by atoms with E-state index < -0.39 is 5.82 Å². The zero-order valence-electron chi connectivity index (χ0n) is 15.8. The molecular weight excluding hydrogens is 343 g/mol. The van der Waals surface area contributed by atoms with Crippen LogP contribution < -0.4 is 4.74 Å². The van der Waals surface area contributed by atoms with Crippen molar-refractivity contribution < 1.29 is 13.9 Å². The number of hydrogen-bond acceptors (Lipinski definition) is 3. The van der Waals surface area contributed by atoms with Gasteiger partial charge in [-0.05, 0) is 36.3 Å². The summed E-state index contributed by atoms with van der Waals surface area (Å²) in [6, 6.07) is 13.2. The van der Waals surface area contributed by atoms with Gasteiger partial charge in [-0.15, -0.1) is 0 Å². The topological polar surface area (TPSA) is 32.8 Å². The Morgan fingerprint density at radius 2 is 1.93 bits per heavy atom. The summed E-state index contributed by atoms with van der Waals surface area (Å²) in [5.74, 6) is -0.276. The molecule has 0 atom stereocenters. The Balaban J connectivity index is 1.51. The first kappa shape index (κ1) is 19.1. The van der Waals surface area contributed by atoms with Gasteiger partial charge in [0.25, 0.3) is 0 Å². The molecule has 0 radical (unpaired) electrons. The fourth-order valence-corrected chi connectivity index (χ4v) is 3.25. The third-order valence-corrected chi connectivity index (χ3v) is 4.77. The zero-order chi connectivity index (χ0) is 19.2. The van der Waals surface area contributed by atoms with E-state index in [-0.39, 0.29) is 11.7 Å². The minimum Gasteiger partial charge on any atom is -0.494 e. The third-order valence-electron chi connectivity index (χ3n) is 4.77. The van der Waals surface area contributed by atoms with Crippen LogP contribution in [0.25, 0.3) is 6.08 Å². The highest BCUT2D eigenvalue weighted by molar-refractivity contribution is 5.91. The van der Waals surface area contributed by atoms with Crippen LogP contribution in [0.1, 0.15) is 16.7 Å². The van der Waals surface area contributed by atoms with Gasteiger partial charge in [0.05, 0.1) is 7.11 Å². The van der Waals surface area contributed by atoms with Crippen LogP contribution in [0.15, 0.2) is 48.5 Å². The molecule has 0 aromatic heterocycles. The van der Waals surface area contributed by atoms with Crippen LogP contribution >= 0.6 is 0 Å². The lowest BCUT2D eigenvalue weighted by molar-refractivity contribution is -0.127. The minimum atomic E-state index is -0.433. The summed E-state index contributed by atoms with van der Waals surface area (Å²) in [5, 5.41) is 0. The van der Waals surface area contributed by atoms with Crippen molar-refractivity contribution in [2.24, 2.45) is 0 Å². The van der Waals surface area contributed by atoms with Crippen LogP contribution in [0.2, 0.25) is 0 Å². The minimum absolute atomic E-state index is 0.0403. The Morgan fingerprint density at radius 1 is 1.15 bits per heavy atom. The Morgan fingerprint density at radius 3 is 2.59 bits per heavy atom. The quantitative estimate of drug-likeness (QED) is 0.758. The van der Waals surface area contributed by atoms with E-state index in [2.05, 4.69) is 36.1 Å². The van der Waals surface area contributed by atoms with E-state index in [1.807, 2.05) is 4.90 Å². The van der Waals surface area contributed by atoms with Crippen molar-refractivity contribution in [1.82, 2.24) is 9.80 Å². The number of carbonyl (C=O) groups excluding carboxylic acids is 1. The maximum Gasteiger partial charge on any atom is 0.246 e. The number of amides is 1. The summed E-state index contributed by atoms with van der Waals surface area (Å²) in [4.78, 5) is 16.6. The monoisotopic (exact) mass is 368 g/mol. The summed E-state index contributed by atoms with van der Waals surface area (Å²) >= 11 is 0. The van der Waals surface area contributed by atoms with Crippen molar-refractivity contribution in [2.75, 3.05) is 33.3 Å². The Labute approximate surface area is 159 Å². The molecule has 0 N–H and O–H groups in total. The number of carbonyl (C=O) groups is 1. The van der Waals surface area contributed by atoms with Gasteiger partial charge in [0.2, 0.25) is 5.91 Å². The smallest absolute Gasteiger partial charge is 0.246 e. The van der Waals surface area contributed by atoms with E-state index in [0.29, 0.717) is 18.7 Å². The number of hydrogen-bond donors (Lipinski definition) is 0. The maximum atomic E-state index is 13.7. The fraction of sp³-hybridized carbons (Fsp3) is 0.318. The molecule has 0 unspecified atom stereocenters. The molecule has 5 heteroatoms. The van der Waals surface area contributed by atoms with E-state index in [1.54, 1.807) is 18.2 Å². The lowest BCUT2D eigenvalue weighted by atomic mass is 10.1. The van der Waals surface area contributed by atoms with Gasteiger partial charge in [0.15, 0.2) is 11.6 Å². The van der Waals surface area contributed by atoms with Gasteiger partial charge < -0.3 is 9.64 Å². The number of rotatable bonds is 5. The zero-order valence-corrected chi connectivity index (χ0v) is 15.8. The average Bonchev–Trinajstić information content (AvgIpc) is 2.67. The van der Waals surface area contributed by atoms with Crippen molar-refractivity contribution >= 4 is 12.0 Å². The van der Waals surface area contributed by atoms with Crippen molar-refractivity contribution in [2.45, 2.75) is 13.5 Å². The standard InChI is InChI=1S/C22H25FN2O2/c1-17-4-3-5-19(14-17)16-24-10-12-25(13-11-24)22(26)9-7-18-6-8-21(27-2)20(23)15-18/h3-9,14-15H,10-13,16H2,1-2H3/b9-7+. The normalized spacial score (nSPS) is 15.3. The van der Waals surface area contributed by atoms with Gasteiger partial charge in [0, 0.05) is 38.8 Å². The molecule has 4 nitrogen and oxygen atoms in total. The number of benzene rings is 2. The van der Waals surface area contributed by atoms with E-state index in [9.17, 15) is 9.18 Å². The van der Waals surface area contributed by atoms with Crippen molar-refractivity contribution in [3.8, 4) is 5.75 Å². The second-order valence-corrected chi connectivity index (χ2v) is 6.82. The number of piperazine rings is 1. The molecular formula is C22H25FN2O2. The predicted octanol–water partition coefficient (Wildman–Crippen LogP) is 3.50. The van der Waals surface area contributed by atoms with Crippen LogP contribution in [-0.2, 0) is 11.3 Å². The van der Waals surface area contributed by atoms with Crippen molar-refractivity contribution in [1.29, 1.82) is 0 Å². The molecule has 1 heterocycles. The van der Waals surface area contributed by atoms with Gasteiger partial charge in [-0.3, -0.25) is 9.69 Å². The lowest BCUT2D eigenvalue weighted by Crippen LogP contribution is -2.47. The largest absolute Gasteiger partial charge is 0.494 e. The van der Waals surface area contributed by atoms with Crippen molar-refractivity contribution in [3.05, 3.63) is 71.0 Å². The second-order valence-electron chi connectivity index (χ2n) is 6.82. The highest BCUT2D eigenvalue weighted by atomic mass is 19.1. The summed E-state index contributed by atoms with van der Waals surface area (Å²) < 4.78 is 18.6. The number of halogens is 1. The highest BCUT2D eigenvalue weighted by Gasteiger charge is 2.19. The fourth-order valence-electron chi connectivity index (χ4n) is 3.25. The molecule has 1 aliphatic rings. The molecule has 27 heavy (non-hydrogen) atoms. The van der Waals surface area contributed by atoms with Crippen LogP contribution in [-0.4, -0.2) is 49.0 Å². The molecule has 1 amide bonds. The van der Waals surface area contributed by atoms with E-state index in [4.69, 9.17) is 4.74 Å². The van der Waals surface area contributed by atoms with Gasteiger partial charge >= 0.3 is 0 Å². The highest BCUT2D eigenvalue weighted by Crippen LogP contribution is 2.18.